The Bertz CT molecular complexity index is 286. The van der Waals surface area contributed by atoms with Gasteiger partial charge in [0.25, 0.3) is 0 Å². The molecule has 56 valence electrons. The highest BCUT2D eigenvalue weighted by Gasteiger charge is 1.95. The molecule has 1 rings (SSSR count). The van der Waals surface area contributed by atoms with Gasteiger partial charge in [0, 0.05) is 26.0 Å². The molecule has 0 saturated heterocycles. The van der Waals surface area contributed by atoms with Gasteiger partial charge in [-0.25, -0.2) is 4.98 Å². The molecule has 1 aromatic heterocycles. The summed E-state index contributed by atoms with van der Waals surface area (Å²) in [7, 11) is 3.85. The number of aromatic nitrogens is 1. The SMILES string of the molecule is CN(C)c1ccnc(C#N)c1. The standard InChI is InChI=1S/C8H9N3/c1-11(2)8-3-4-10-7(5-8)6-9/h3-5H,1-2H3. The third kappa shape index (κ3) is 1.68. The minimum absolute atomic E-state index is 0.455. The normalized spacial score (nSPS) is 8.82. The second-order valence-electron chi connectivity index (χ2n) is 2.41. The van der Waals surface area contributed by atoms with Crippen LogP contribution >= 0.6 is 0 Å². The summed E-state index contributed by atoms with van der Waals surface area (Å²) in [5, 5.41) is 8.51. The highest BCUT2D eigenvalue weighted by molar-refractivity contribution is 5.47. The fourth-order valence-electron chi connectivity index (χ4n) is 0.759. The largest absolute Gasteiger partial charge is 0.378 e. The van der Waals surface area contributed by atoms with E-state index in [9.17, 15) is 0 Å². The Labute approximate surface area is 65.9 Å². The van der Waals surface area contributed by atoms with E-state index in [1.165, 1.54) is 0 Å². The van der Waals surface area contributed by atoms with E-state index in [0.29, 0.717) is 5.69 Å². The van der Waals surface area contributed by atoms with Crippen LogP contribution < -0.4 is 4.90 Å². The van der Waals surface area contributed by atoms with Crippen LogP contribution in [0, 0.1) is 11.3 Å². The van der Waals surface area contributed by atoms with Crippen LogP contribution in [-0.2, 0) is 0 Å². The van der Waals surface area contributed by atoms with Crippen molar-refractivity contribution in [3.05, 3.63) is 24.0 Å². The first kappa shape index (κ1) is 7.55. The van der Waals surface area contributed by atoms with Crippen molar-refractivity contribution in [2.45, 2.75) is 0 Å². The molecule has 0 unspecified atom stereocenters. The Morgan fingerprint density at radius 1 is 1.55 bits per heavy atom. The smallest absolute Gasteiger partial charge is 0.142 e. The lowest BCUT2D eigenvalue weighted by molar-refractivity contribution is 1.11. The highest BCUT2D eigenvalue weighted by Crippen LogP contribution is 2.09. The fraction of sp³-hybridized carbons (Fsp3) is 0.250. The third-order valence-corrected chi connectivity index (χ3v) is 1.37. The average molecular weight is 147 g/mol. The van der Waals surface area contributed by atoms with Gasteiger partial charge >= 0.3 is 0 Å². The Kier molecular flexibility index (Phi) is 2.07. The second kappa shape index (κ2) is 3.02. The molecule has 0 saturated carbocycles. The van der Waals surface area contributed by atoms with Crippen LogP contribution in [0.25, 0.3) is 0 Å². The lowest BCUT2D eigenvalue weighted by Gasteiger charge is -2.10. The molecule has 0 bridgehead atoms. The molecule has 0 fully saturated rings. The molecule has 0 aliphatic carbocycles. The molecule has 0 aromatic carbocycles. The summed E-state index contributed by atoms with van der Waals surface area (Å²) in [5.74, 6) is 0. The minimum atomic E-state index is 0.455. The van der Waals surface area contributed by atoms with Crippen LogP contribution in [0.1, 0.15) is 5.69 Å². The Balaban J connectivity index is 3.03. The first-order valence-electron chi connectivity index (χ1n) is 3.27. The maximum atomic E-state index is 8.51. The van der Waals surface area contributed by atoms with Crippen molar-refractivity contribution in [2.75, 3.05) is 19.0 Å². The second-order valence-corrected chi connectivity index (χ2v) is 2.41. The van der Waals surface area contributed by atoms with Gasteiger partial charge in [0.15, 0.2) is 0 Å². The number of hydrogen-bond donors (Lipinski definition) is 0. The van der Waals surface area contributed by atoms with E-state index in [1.54, 1.807) is 12.3 Å². The van der Waals surface area contributed by atoms with Gasteiger partial charge < -0.3 is 4.90 Å². The van der Waals surface area contributed by atoms with Crippen molar-refractivity contribution in [2.24, 2.45) is 0 Å². The molecule has 11 heavy (non-hydrogen) atoms. The molecule has 3 nitrogen and oxygen atoms in total. The first-order valence-corrected chi connectivity index (χ1v) is 3.27. The quantitative estimate of drug-likeness (QED) is 0.595. The predicted molar refractivity (Wildman–Crippen MR) is 43.3 cm³/mol. The molecular formula is C8H9N3. The number of anilines is 1. The number of rotatable bonds is 1. The fourth-order valence-corrected chi connectivity index (χ4v) is 0.759. The molecule has 0 aliphatic heterocycles. The maximum absolute atomic E-state index is 8.51. The molecule has 0 amide bonds. The van der Waals surface area contributed by atoms with Crippen molar-refractivity contribution < 1.29 is 0 Å². The summed E-state index contributed by atoms with van der Waals surface area (Å²) in [6.07, 6.45) is 1.63. The van der Waals surface area contributed by atoms with Gasteiger partial charge in [0.05, 0.1) is 0 Å². The first-order chi connectivity index (χ1) is 5.24. The van der Waals surface area contributed by atoms with E-state index >= 15 is 0 Å². The zero-order valence-corrected chi connectivity index (χ0v) is 6.57. The van der Waals surface area contributed by atoms with Crippen LogP contribution in [0.5, 0.6) is 0 Å². The summed E-state index contributed by atoms with van der Waals surface area (Å²) in [6, 6.07) is 5.60. The molecular weight excluding hydrogens is 138 g/mol. The summed E-state index contributed by atoms with van der Waals surface area (Å²) in [6.45, 7) is 0. The van der Waals surface area contributed by atoms with Crippen LogP contribution in [0.3, 0.4) is 0 Å². The van der Waals surface area contributed by atoms with Crippen molar-refractivity contribution in [3.63, 3.8) is 0 Å². The lowest BCUT2D eigenvalue weighted by atomic mass is 10.3. The Morgan fingerprint density at radius 2 is 2.27 bits per heavy atom. The number of nitrogens with zero attached hydrogens (tertiary/aromatic N) is 3. The molecule has 0 atom stereocenters. The minimum Gasteiger partial charge on any atom is -0.378 e. The molecule has 0 aliphatic rings. The van der Waals surface area contributed by atoms with Gasteiger partial charge in [-0.15, -0.1) is 0 Å². The van der Waals surface area contributed by atoms with Crippen molar-refractivity contribution in [1.82, 2.24) is 4.98 Å². The van der Waals surface area contributed by atoms with Gasteiger partial charge in [0.1, 0.15) is 11.8 Å². The van der Waals surface area contributed by atoms with Crippen LogP contribution in [0.4, 0.5) is 5.69 Å². The van der Waals surface area contributed by atoms with Crippen molar-refractivity contribution in [1.29, 1.82) is 5.26 Å². The summed E-state index contributed by atoms with van der Waals surface area (Å²) < 4.78 is 0. The van der Waals surface area contributed by atoms with Gasteiger partial charge in [-0.1, -0.05) is 0 Å². The monoisotopic (exact) mass is 147 g/mol. The van der Waals surface area contributed by atoms with E-state index < -0.39 is 0 Å². The van der Waals surface area contributed by atoms with Gasteiger partial charge in [-0.05, 0) is 12.1 Å². The zero-order chi connectivity index (χ0) is 8.27. The summed E-state index contributed by atoms with van der Waals surface area (Å²) in [4.78, 5) is 5.79. The van der Waals surface area contributed by atoms with Crippen molar-refractivity contribution >= 4 is 5.69 Å². The van der Waals surface area contributed by atoms with E-state index in [1.807, 2.05) is 31.1 Å². The lowest BCUT2D eigenvalue weighted by Crippen LogP contribution is -2.08. The van der Waals surface area contributed by atoms with Gasteiger partial charge in [-0.2, -0.15) is 5.26 Å². The summed E-state index contributed by atoms with van der Waals surface area (Å²) in [5.41, 5.74) is 1.45. The molecule has 0 radical (unpaired) electrons. The van der Waals surface area contributed by atoms with E-state index in [4.69, 9.17) is 5.26 Å². The van der Waals surface area contributed by atoms with Crippen LogP contribution in [0.2, 0.25) is 0 Å². The number of nitriles is 1. The Hall–Kier alpha value is -1.56. The van der Waals surface area contributed by atoms with E-state index in [2.05, 4.69) is 4.98 Å². The van der Waals surface area contributed by atoms with Crippen LogP contribution in [-0.4, -0.2) is 19.1 Å². The summed E-state index contributed by atoms with van der Waals surface area (Å²) >= 11 is 0. The number of hydrogen-bond acceptors (Lipinski definition) is 3. The number of pyridine rings is 1. The average Bonchev–Trinajstić information content (AvgIpc) is 2.05. The third-order valence-electron chi connectivity index (χ3n) is 1.37. The van der Waals surface area contributed by atoms with Crippen molar-refractivity contribution in [3.8, 4) is 6.07 Å². The topological polar surface area (TPSA) is 39.9 Å². The maximum Gasteiger partial charge on any atom is 0.142 e. The zero-order valence-electron chi connectivity index (χ0n) is 6.57. The molecule has 0 spiro atoms. The van der Waals surface area contributed by atoms with Gasteiger partial charge in [0.2, 0.25) is 0 Å². The van der Waals surface area contributed by atoms with Crippen LogP contribution in [0.15, 0.2) is 18.3 Å². The van der Waals surface area contributed by atoms with Gasteiger partial charge in [-0.3, -0.25) is 0 Å². The predicted octanol–water partition coefficient (Wildman–Crippen LogP) is 1.02. The molecule has 3 heteroatoms. The molecule has 0 N–H and O–H groups in total. The molecule has 1 heterocycles. The Morgan fingerprint density at radius 3 is 2.82 bits per heavy atom. The molecule has 1 aromatic rings. The van der Waals surface area contributed by atoms with E-state index in [0.717, 1.165) is 5.69 Å². The van der Waals surface area contributed by atoms with E-state index in [-0.39, 0.29) is 0 Å². The highest BCUT2D eigenvalue weighted by atomic mass is 15.1.